The molecule has 1 saturated carbocycles. The summed E-state index contributed by atoms with van der Waals surface area (Å²) in [6.45, 7) is -0.0952. The Balaban J connectivity index is 1.33. The van der Waals surface area contributed by atoms with Crippen LogP contribution in [-0.2, 0) is 32.7 Å². The average molecular weight is 644 g/mol. The molecular formula is C32H33N7O4S2. The Morgan fingerprint density at radius 1 is 0.978 bits per heavy atom. The molecule has 1 aliphatic carbocycles. The van der Waals surface area contributed by atoms with E-state index in [-0.39, 0.29) is 29.9 Å². The van der Waals surface area contributed by atoms with E-state index in [9.17, 15) is 18.0 Å². The Bertz CT molecular complexity index is 1850. The van der Waals surface area contributed by atoms with E-state index < -0.39 is 22.0 Å². The molecule has 2 amide bonds. The van der Waals surface area contributed by atoms with Gasteiger partial charge in [0.2, 0.25) is 21.8 Å². The molecule has 3 heterocycles. The number of carbonyl (C=O) groups is 2. The Morgan fingerprint density at radius 3 is 2.51 bits per heavy atom. The van der Waals surface area contributed by atoms with Crippen LogP contribution >= 0.6 is 11.3 Å². The second kappa shape index (κ2) is 13.7. The maximum absolute atomic E-state index is 14.3. The summed E-state index contributed by atoms with van der Waals surface area (Å²) in [5, 5.41) is 13.4. The molecular weight excluding hydrogens is 611 g/mol. The fraction of sp³-hybridized carbons (Fsp3) is 0.281. The molecule has 0 radical (unpaired) electrons. The van der Waals surface area contributed by atoms with Crippen molar-refractivity contribution in [3.05, 3.63) is 101 Å². The van der Waals surface area contributed by atoms with Crippen LogP contribution in [0.5, 0.6) is 0 Å². The summed E-state index contributed by atoms with van der Waals surface area (Å²) in [4.78, 5) is 34.5. The minimum Gasteiger partial charge on any atom is -0.351 e. The van der Waals surface area contributed by atoms with Crippen LogP contribution in [0.25, 0.3) is 11.0 Å². The normalized spacial score (nSPS) is 14.7. The van der Waals surface area contributed by atoms with Gasteiger partial charge >= 0.3 is 0 Å². The number of nitrogens with one attached hydrogen (secondary N) is 2. The highest BCUT2D eigenvalue weighted by Crippen LogP contribution is 2.33. The smallest absolute Gasteiger partial charge is 0.249 e. The van der Waals surface area contributed by atoms with Gasteiger partial charge in [-0.1, -0.05) is 48.7 Å². The predicted molar refractivity (Wildman–Crippen MR) is 172 cm³/mol. The first-order chi connectivity index (χ1) is 21.9. The minimum absolute atomic E-state index is 0.0309. The van der Waals surface area contributed by atoms with Crippen LogP contribution in [0.15, 0.2) is 95.5 Å². The van der Waals surface area contributed by atoms with Crippen molar-refractivity contribution in [1.29, 1.82) is 0 Å². The van der Waals surface area contributed by atoms with Crippen LogP contribution in [-0.4, -0.2) is 46.3 Å². The van der Waals surface area contributed by atoms with Crippen LogP contribution in [0, 0.1) is 0 Å². The molecule has 0 unspecified atom stereocenters. The van der Waals surface area contributed by atoms with Gasteiger partial charge in [-0.05, 0) is 72.3 Å². The zero-order valence-corrected chi connectivity index (χ0v) is 26.1. The van der Waals surface area contributed by atoms with Gasteiger partial charge in [-0.3, -0.25) is 19.5 Å². The quantitative estimate of drug-likeness (QED) is 0.215. The molecule has 1 fully saturated rings. The predicted octanol–water partition coefficient (Wildman–Crippen LogP) is 4.59. The largest absolute Gasteiger partial charge is 0.351 e. The molecule has 232 valence electrons. The van der Waals surface area contributed by atoms with Gasteiger partial charge in [-0.25, -0.2) is 17.8 Å². The highest BCUT2D eigenvalue weighted by Gasteiger charge is 2.35. The lowest BCUT2D eigenvalue weighted by Gasteiger charge is -2.33. The minimum atomic E-state index is -3.87. The van der Waals surface area contributed by atoms with E-state index in [1.807, 2.05) is 41.8 Å². The van der Waals surface area contributed by atoms with Crippen LogP contribution in [0.4, 0.5) is 5.69 Å². The van der Waals surface area contributed by atoms with E-state index in [4.69, 9.17) is 0 Å². The number of sulfonamides is 1. The second-order valence-corrected chi connectivity index (χ2v) is 13.7. The molecule has 5 aromatic rings. The third-order valence-corrected chi connectivity index (χ3v) is 10.2. The number of rotatable bonds is 11. The lowest BCUT2D eigenvalue weighted by Crippen LogP contribution is -2.48. The number of para-hydroxylation sites is 1. The maximum Gasteiger partial charge on any atom is 0.249 e. The average Bonchev–Trinajstić information content (AvgIpc) is 3.74. The maximum atomic E-state index is 14.3. The third-order valence-electron chi connectivity index (χ3n) is 7.86. The van der Waals surface area contributed by atoms with Crippen molar-refractivity contribution in [3.63, 3.8) is 0 Å². The third kappa shape index (κ3) is 7.11. The number of nitrogens with zero attached hydrogens (tertiary/aromatic N) is 5. The highest BCUT2D eigenvalue weighted by molar-refractivity contribution is 7.89. The molecule has 1 aliphatic rings. The van der Waals surface area contributed by atoms with E-state index in [2.05, 4.69) is 25.3 Å². The zero-order valence-electron chi connectivity index (χ0n) is 24.5. The number of benzene rings is 2. The summed E-state index contributed by atoms with van der Waals surface area (Å²) in [5.41, 5.74) is 2.44. The van der Waals surface area contributed by atoms with Gasteiger partial charge < -0.3 is 5.32 Å². The van der Waals surface area contributed by atoms with Gasteiger partial charge in [0, 0.05) is 35.5 Å². The van der Waals surface area contributed by atoms with Gasteiger partial charge in [0.15, 0.2) is 0 Å². The van der Waals surface area contributed by atoms with Gasteiger partial charge in [0.05, 0.1) is 10.4 Å². The lowest BCUT2D eigenvalue weighted by molar-refractivity contribution is -0.127. The summed E-state index contributed by atoms with van der Waals surface area (Å²) in [6.07, 6.45) is 8.22. The van der Waals surface area contributed by atoms with Crippen molar-refractivity contribution >= 4 is 49.9 Å². The van der Waals surface area contributed by atoms with Crippen LogP contribution in [0.2, 0.25) is 0 Å². The van der Waals surface area contributed by atoms with Gasteiger partial charge in [0.25, 0.3) is 0 Å². The van der Waals surface area contributed by atoms with Crippen LogP contribution < -0.4 is 14.9 Å². The summed E-state index contributed by atoms with van der Waals surface area (Å²) in [7, 11) is -3.87. The van der Waals surface area contributed by atoms with Crippen molar-refractivity contribution in [2.75, 3.05) is 4.90 Å². The van der Waals surface area contributed by atoms with E-state index >= 15 is 0 Å². The molecule has 0 bridgehead atoms. The van der Waals surface area contributed by atoms with Gasteiger partial charge in [0.1, 0.15) is 18.1 Å². The molecule has 0 spiro atoms. The van der Waals surface area contributed by atoms with Crippen molar-refractivity contribution in [2.24, 2.45) is 0 Å². The van der Waals surface area contributed by atoms with Crippen molar-refractivity contribution < 1.29 is 18.0 Å². The lowest BCUT2D eigenvalue weighted by atomic mass is 9.95. The number of hydrogen-bond acceptors (Lipinski definition) is 8. The number of carbonyl (C=O) groups excluding carboxylic acids is 2. The standard InChI is InChI=1S/C32H33N7O4S2/c40-30(22-38-28-12-5-4-11-27(28)36-37-38)39(31(29-13-7-19-44-29)32(41)35-24-9-2-1-3-10-24)25-14-16-26(17-15-25)45(42,43)34-21-23-8-6-18-33-20-23/h4-8,11-20,24,31,34H,1-3,9-10,21-22H2,(H,35,41)/t31-/m1/s1. The number of thiophene rings is 1. The Hall–Kier alpha value is -4.46. The molecule has 13 heteroatoms. The topological polar surface area (TPSA) is 139 Å². The Kier molecular flexibility index (Phi) is 9.29. The zero-order chi connectivity index (χ0) is 31.2. The van der Waals surface area contributed by atoms with Crippen molar-refractivity contribution in [3.8, 4) is 0 Å². The number of anilines is 1. The first-order valence-electron chi connectivity index (χ1n) is 14.8. The van der Waals surface area contributed by atoms with Crippen molar-refractivity contribution in [1.82, 2.24) is 30.0 Å². The summed E-state index contributed by atoms with van der Waals surface area (Å²) >= 11 is 1.38. The summed E-state index contributed by atoms with van der Waals surface area (Å²) < 4.78 is 30.3. The molecule has 2 aromatic carbocycles. The summed E-state index contributed by atoms with van der Waals surface area (Å²) in [6, 6.07) is 19.6. The molecule has 0 aliphatic heterocycles. The van der Waals surface area contributed by atoms with E-state index in [1.54, 1.807) is 36.7 Å². The SMILES string of the molecule is O=C(NC1CCCCC1)[C@@H](c1cccs1)N(C(=O)Cn1nnc2ccccc21)c1ccc(S(=O)(=O)NCc2cccnc2)cc1. The van der Waals surface area contributed by atoms with Gasteiger partial charge in [-0.2, -0.15) is 0 Å². The number of pyridine rings is 1. The van der Waals surface area contributed by atoms with Crippen molar-refractivity contribution in [2.45, 2.75) is 62.2 Å². The Morgan fingerprint density at radius 2 is 1.78 bits per heavy atom. The van der Waals surface area contributed by atoms with Crippen LogP contribution in [0.3, 0.4) is 0 Å². The van der Waals surface area contributed by atoms with Crippen LogP contribution in [0.1, 0.15) is 48.6 Å². The number of hydrogen-bond donors (Lipinski definition) is 2. The fourth-order valence-corrected chi connectivity index (χ4v) is 7.40. The number of aromatic nitrogens is 4. The van der Waals surface area contributed by atoms with E-state index in [1.165, 1.54) is 33.1 Å². The van der Waals surface area contributed by atoms with Gasteiger partial charge in [-0.15, -0.1) is 16.4 Å². The molecule has 3 aromatic heterocycles. The first-order valence-corrected chi connectivity index (χ1v) is 17.2. The monoisotopic (exact) mass is 643 g/mol. The Labute approximate surface area is 265 Å². The highest BCUT2D eigenvalue weighted by atomic mass is 32.2. The number of amides is 2. The molecule has 11 nitrogen and oxygen atoms in total. The molecule has 6 rings (SSSR count). The summed E-state index contributed by atoms with van der Waals surface area (Å²) in [5.74, 6) is -0.677. The van der Waals surface area contributed by atoms with E-state index in [0.29, 0.717) is 21.6 Å². The molecule has 45 heavy (non-hydrogen) atoms. The molecule has 0 saturated heterocycles. The fourth-order valence-electron chi connectivity index (χ4n) is 5.57. The molecule has 2 N–H and O–H groups in total. The first kappa shape index (κ1) is 30.6. The second-order valence-electron chi connectivity index (χ2n) is 10.9. The molecule has 1 atom stereocenters. The number of fused-ring (bicyclic) bond motifs is 1. The van der Waals surface area contributed by atoms with E-state index in [0.717, 1.165) is 37.7 Å².